The molecule has 1 amide bonds. The van der Waals surface area contributed by atoms with Crippen LogP contribution in [0.5, 0.6) is 0 Å². The number of anilines is 1. The number of unbranched alkanes of at least 4 members (excludes halogenated alkanes) is 2. The Morgan fingerprint density at radius 1 is 1.37 bits per heavy atom. The molecule has 0 unspecified atom stereocenters. The Kier molecular flexibility index (Phi) is 4.71. The number of amides is 1. The van der Waals surface area contributed by atoms with Gasteiger partial charge >= 0.3 is 0 Å². The topological polar surface area (TPSA) is 66.9 Å². The molecule has 1 aliphatic rings. The number of carbonyl (C=O) groups excluding carboxylic acids is 1. The van der Waals surface area contributed by atoms with Gasteiger partial charge in [0.1, 0.15) is 17.3 Å². The highest BCUT2D eigenvalue weighted by atomic mass is 16.2. The van der Waals surface area contributed by atoms with E-state index in [1.807, 2.05) is 6.92 Å². The zero-order valence-corrected chi connectivity index (χ0v) is 11.7. The van der Waals surface area contributed by atoms with Gasteiger partial charge in [0.25, 0.3) is 5.91 Å². The second-order valence-electron chi connectivity index (χ2n) is 5.07. The van der Waals surface area contributed by atoms with Crippen LogP contribution in [0.15, 0.2) is 6.07 Å². The van der Waals surface area contributed by atoms with Crippen molar-refractivity contribution in [3.63, 3.8) is 0 Å². The predicted molar refractivity (Wildman–Crippen MR) is 75.3 cm³/mol. The van der Waals surface area contributed by atoms with Crippen molar-refractivity contribution >= 4 is 11.7 Å². The Hall–Kier alpha value is -1.65. The van der Waals surface area contributed by atoms with Crippen molar-refractivity contribution in [1.82, 2.24) is 15.3 Å². The van der Waals surface area contributed by atoms with Crippen LogP contribution in [-0.2, 0) is 0 Å². The van der Waals surface area contributed by atoms with Gasteiger partial charge in [0.2, 0.25) is 0 Å². The highest BCUT2D eigenvalue weighted by Gasteiger charge is 2.24. The van der Waals surface area contributed by atoms with Crippen LogP contribution in [-0.4, -0.2) is 28.5 Å². The average molecular weight is 262 g/mol. The summed E-state index contributed by atoms with van der Waals surface area (Å²) in [5.41, 5.74) is 0.456. The van der Waals surface area contributed by atoms with Gasteiger partial charge in [-0.1, -0.05) is 19.8 Å². The smallest absolute Gasteiger partial charge is 0.270 e. The summed E-state index contributed by atoms with van der Waals surface area (Å²) in [4.78, 5) is 20.4. The predicted octanol–water partition coefficient (Wildman–Crippen LogP) is 2.28. The van der Waals surface area contributed by atoms with Crippen LogP contribution >= 0.6 is 0 Å². The molecule has 2 rings (SSSR count). The number of nitrogens with one attached hydrogen (secondary N) is 2. The van der Waals surface area contributed by atoms with Crippen LogP contribution in [0.2, 0.25) is 0 Å². The van der Waals surface area contributed by atoms with E-state index in [-0.39, 0.29) is 5.91 Å². The Morgan fingerprint density at radius 3 is 2.84 bits per heavy atom. The molecule has 1 aliphatic carbocycles. The Labute approximate surface area is 114 Å². The fourth-order valence-corrected chi connectivity index (χ4v) is 1.85. The first-order valence-corrected chi connectivity index (χ1v) is 7.09. The zero-order chi connectivity index (χ0) is 13.7. The van der Waals surface area contributed by atoms with E-state index in [9.17, 15) is 4.79 Å². The lowest BCUT2D eigenvalue weighted by atomic mass is 10.2. The lowest BCUT2D eigenvalue weighted by molar-refractivity contribution is 0.0945. The van der Waals surface area contributed by atoms with Gasteiger partial charge in [-0.25, -0.2) is 9.97 Å². The van der Waals surface area contributed by atoms with Crippen molar-refractivity contribution in [1.29, 1.82) is 0 Å². The summed E-state index contributed by atoms with van der Waals surface area (Å²) in [7, 11) is 0. The minimum Gasteiger partial charge on any atom is -0.370 e. The van der Waals surface area contributed by atoms with Crippen LogP contribution in [0.4, 0.5) is 5.82 Å². The minimum atomic E-state index is -0.0930. The molecule has 104 valence electrons. The molecule has 0 aromatic carbocycles. The third-order valence-electron chi connectivity index (χ3n) is 3.07. The summed E-state index contributed by atoms with van der Waals surface area (Å²) in [6, 6.07) is 2.08. The number of aryl methyl sites for hydroxylation is 1. The van der Waals surface area contributed by atoms with E-state index in [1.165, 1.54) is 12.8 Å². The second kappa shape index (κ2) is 6.50. The Bertz CT molecular complexity index is 443. The maximum Gasteiger partial charge on any atom is 0.270 e. The van der Waals surface area contributed by atoms with Crippen molar-refractivity contribution in [3.05, 3.63) is 17.6 Å². The summed E-state index contributed by atoms with van der Waals surface area (Å²) >= 11 is 0. The molecule has 1 heterocycles. The standard InChI is InChI=1S/C14H22N4O/c1-3-4-5-8-15-13-9-12(16-10(2)17-13)14(19)18-11-6-7-11/h9,11H,3-8H2,1-2H3,(H,18,19)(H,15,16,17). The van der Waals surface area contributed by atoms with Crippen molar-refractivity contribution in [2.45, 2.75) is 52.0 Å². The summed E-state index contributed by atoms with van der Waals surface area (Å²) < 4.78 is 0. The molecule has 5 nitrogen and oxygen atoms in total. The normalized spacial score (nSPS) is 14.2. The van der Waals surface area contributed by atoms with E-state index >= 15 is 0 Å². The van der Waals surface area contributed by atoms with E-state index in [1.54, 1.807) is 6.07 Å². The fraction of sp³-hybridized carbons (Fsp3) is 0.643. The quantitative estimate of drug-likeness (QED) is 0.740. The Morgan fingerprint density at radius 2 is 2.16 bits per heavy atom. The third kappa shape index (κ3) is 4.50. The number of carbonyl (C=O) groups is 1. The summed E-state index contributed by atoms with van der Waals surface area (Å²) in [6.07, 6.45) is 5.67. The molecule has 5 heteroatoms. The van der Waals surface area contributed by atoms with Gasteiger partial charge in [-0.15, -0.1) is 0 Å². The van der Waals surface area contributed by atoms with Gasteiger partial charge in [0, 0.05) is 18.7 Å². The van der Waals surface area contributed by atoms with Crippen LogP contribution < -0.4 is 10.6 Å². The molecule has 0 saturated heterocycles. The lowest BCUT2D eigenvalue weighted by Gasteiger charge is -2.08. The van der Waals surface area contributed by atoms with E-state index in [2.05, 4.69) is 27.5 Å². The van der Waals surface area contributed by atoms with Crippen LogP contribution in [0.25, 0.3) is 0 Å². The fourth-order valence-electron chi connectivity index (χ4n) is 1.85. The first-order valence-electron chi connectivity index (χ1n) is 7.09. The van der Waals surface area contributed by atoms with E-state index < -0.39 is 0 Å². The lowest BCUT2D eigenvalue weighted by Crippen LogP contribution is -2.26. The molecular formula is C14H22N4O. The van der Waals surface area contributed by atoms with Crippen molar-refractivity contribution in [3.8, 4) is 0 Å². The van der Waals surface area contributed by atoms with Crippen LogP contribution in [0, 0.1) is 6.92 Å². The molecule has 2 N–H and O–H groups in total. The molecule has 0 aliphatic heterocycles. The molecule has 1 fully saturated rings. The second-order valence-corrected chi connectivity index (χ2v) is 5.07. The zero-order valence-electron chi connectivity index (χ0n) is 11.7. The van der Waals surface area contributed by atoms with E-state index in [0.717, 1.165) is 31.6 Å². The molecule has 0 bridgehead atoms. The maximum atomic E-state index is 11.9. The molecular weight excluding hydrogens is 240 g/mol. The third-order valence-corrected chi connectivity index (χ3v) is 3.07. The van der Waals surface area contributed by atoms with Gasteiger partial charge in [0.15, 0.2) is 0 Å². The monoisotopic (exact) mass is 262 g/mol. The largest absolute Gasteiger partial charge is 0.370 e. The number of rotatable bonds is 7. The van der Waals surface area contributed by atoms with Crippen molar-refractivity contribution in [2.24, 2.45) is 0 Å². The first kappa shape index (κ1) is 13.8. The summed E-state index contributed by atoms with van der Waals surface area (Å²) in [6.45, 7) is 4.87. The SMILES string of the molecule is CCCCCNc1cc(C(=O)NC2CC2)nc(C)n1. The van der Waals surface area contributed by atoms with Crippen molar-refractivity contribution < 1.29 is 4.79 Å². The number of hydrogen-bond donors (Lipinski definition) is 2. The number of aromatic nitrogens is 2. The molecule has 1 aromatic rings. The molecule has 0 atom stereocenters. The highest BCUT2D eigenvalue weighted by Crippen LogP contribution is 2.19. The summed E-state index contributed by atoms with van der Waals surface area (Å²) in [5.74, 6) is 1.27. The molecule has 1 aromatic heterocycles. The molecule has 1 saturated carbocycles. The van der Waals surface area contributed by atoms with Crippen LogP contribution in [0.1, 0.15) is 55.3 Å². The number of hydrogen-bond acceptors (Lipinski definition) is 4. The highest BCUT2D eigenvalue weighted by molar-refractivity contribution is 5.93. The average Bonchev–Trinajstić information content (AvgIpc) is 3.18. The molecule has 0 radical (unpaired) electrons. The van der Waals surface area contributed by atoms with Gasteiger partial charge in [-0.05, 0) is 26.2 Å². The molecule has 0 spiro atoms. The van der Waals surface area contributed by atoms with E-state index in [4.69, 9.17) is 0 Å². The Balaban J connectivity index is 1.95. The number of nitrogens with zero attached hydrogens (tertiary/aromatic N) is 2. The van der Waals surface area contributed by atoms with Crippen molar-refractivity contribution in [2.75, 3.05) is 11.9 Å². The maximum absolute atomic E-state index is 11.9. The first-order chi connectivity index (χ1) is 9.19. The summed E-state index contributed by atoms with van der Waals surface area (Å²) in [5, 5.41) is 6.20. The molecule has 19 heavy (non-hydrogen) atoms. The van der Waals surface area contributed by atoms with Crippen LogP contribution in [0.3, 0.4) is 0 Å². The minimum absolute atomic E-state index is 0.0930. The van der Waals surface area contributed by atoms with Gasteiger partial charge in [-0.2, -0.15) is 0 Å². The van der Waals surface area contributed by atoms with Gasteiger partial charge in [0.05, 0.1) is 0 Å². The van der Waals surface area contributed by atoms with E-state index in [0.29, 0.717) is 17.6 Å². The van der Waals surface area contributed by atoms with Gasteiger partial charge in [-0.3, -0.25) is 4.79 Å². The van der Waals surface area contributed by atoms with Gasteiger partial charge < -0.3 is 10.6 Å².